The molecule has 242 valence electrons. The van der Waals surface area contributed by atoms with Gasteiger partial charge in [-0.05, 0) is 97.7 Å². The fraction of sp³-hybridized carbons (Fsp3) is 0.500. The number of likely N-dealkylation sites (tertiary alicyclic amines) is 1. The lowest BCUT2D eigenvalue weighted by Gasteiger charge is -2.43. The summed E-state index contributed by atoms with van der Waals surface area (Å²) >= 11 is 6.33. The Kier molecular flexibility index (Phi) is 10.6. The Labute approximate surface area is 271 Å². The van der Waals surface area contributed by atoms with Crippen LogP contribution in [0.4, 0.5) is 5.69 Å². The molecular formula is C36H45ClN2O6. The molecule has 2 aromatic carbocycles. The van der Waals surface area contributed by atoms with Crippen molar-refractivity contribution < 1.29 is 29.3 Å². The second kappa shape index (κ2) is 14.4. The molecule has 2 fully saturated rings. The number of aryl methyl sites for hydroxylation is 1. The molecular weight excluding hydrogens is 592 g/mol. The van der Waals surface area contributed by atoms with Crippen LogP contribution in [0.15, 0.2) is 61.7 Å². The Balaban J connectivity index is 1.51. The number of hydrogen-bond donors (Lipinski definition) is 2. The van der Waals surface area contributed by atoms with Crippen LogP contribution in [-0.2, 0) is 33.0 Å². The molecule has 0 aromatic heterocycles. The van der Waals surface area contributed by atoms with Gasteiger partial charge in [-0.3, -0.25) is 4.79 Å². The van der Waals surface area contributed by atoms with Gasteiger partial charge in [-0.25, -0.2) is 4.79 Å². The van der Waals surface area contributed by atoms with Gasteiger partial charge in [0.15, 0.2) is 5.60 Å². The lowest BCUT2D eigenvalue weighted by atomic mass is 9.70. The number of fused-ring (bicyclic) bond motifs is 2. The lowest BCUT2D eigenvalue weighted by molar-refractivity contribution is -0.169. The molecule has 2 aliphatic heterocycles. The number of hydrogen-bond acceptors (Lipinski definition) is 7. The van der Waals surface area contributed by atoms with E-state index in [9.17, 15) is 19.8 Å². The highest BCUT2D eigenvalue weighted by atomic mass is 35.5. The molecule has 5 atom stereocenters. The minimum Gasteiger partial charge on any atom is -0.487 e. The van der Waals surface area contributed by atoms with E-state index in [4.69, 9.17) is 21.1 Å². The van der Waals surface area contributed by atoms with Gasteiger partial charge in [-0.1, -0.05) is 35.9 Å². The number of benzene rings is 2. The maximum Gasteiger partial charge on any atom is 0.343 e. The zero-order valence-corrected chi connectivity index (χ0v) is 26.9. The molecule has 1 aliphatic carbocycles. The fourth-order valence-corrected chi connectivity index (χ4v) is 7.11. The average Bonchev–Trinajstić information content (AvgIpc) is 3.03. The summed E-state index contributed by atoms with van der Waals surface area (Å²) < 4.78 is 11.5. The van der Waals surface area contributed by atoms with Gasteiger partial charge in [0.2, 0.25) is 5.91 Å². The molecule has 1 saturated heterocycles. The van der Waals surface area contributed by atoms with E-state index in [1.54, 1.807) is 35.3 Å². The number of esters is 1. The van der Waals surface area contributed by atoms with Gasteiger partial charge in [0.05, 0.1) is 25.3 Å². The number of amides is 1. The topological polar surface area (TPSA) is 99.5 Å². The zero-order chi connectivity index (χ0) is 32.1. The van der Waals surface area contributed by atoms with Gasteiger partial charge in [0, 0.05) is 30.7 Å². The number of methoxy groups -OCH3 is 1. The summed E-state index contributed by atoms with van der Waals surface area (Å²) in [5.41, 5.74) is 1.02. The smallest absolute Gasteiger partial charge is 0.343 e. The number of halogens is 1. The van der Waals surface area contributed by atoms with Crippen molar-refractivity contribution in [2.45, 2.75) is 75.7 Å². The fourth-order valence-electron chi connectivity index (χ4n) is 6.91. The summed E-state index contributed by atoms with van der Waals surface area (Å²) in [5.74, 6) is -0.237. The van der Waals surface area contributed by atoms with Gasteiger partial charge in [0.1, 0.15) is 12.4 Å². The van der Waals surface area contributed by atoms with Crippen molar-refractivity contribution in [1.82, 2.24) is 4.90 Å². The number of nitrogens with zero attached hydrogens (tertiary/aromatic N) is 2. The van der Waals surface area contributed by atoms with Crippen LogP contribution in [0.25, 0.3) is 0 Å². The highest BCUT2D eigenvalue weighted by Gasteiger charge is 2.45. The van der Waals surface area contributed by atoms with E-state index in [1.165, 1.54) is 7.11 Å². The van der Waals surface area contributed by atoms with Crippen LogP contribution in [-0.4, -0.2) is 65.9 Å². The average molecular weight is 637 g/mol. The molecule has 2 aromatic rings. The molecule has 2 N–H and O–H groups in total. The van der Waals surface area contributed by atoms with E-state index in [2.05, 4.69) is 18.1 Å². The Hall–Kier alpha value is -3.33. The van der Waals surface area contributed by atoms with Crippen molar-refractivity contribution in [2.24, 2.45) is 11.8 Å². The van der Waals surface area contributed by atoms with Crippen molar-refractivity contribution in [3.8, 4) is 5.75 Å². The van der Waals surface area contributed by atoms with Gasteiger partial charge < -0.3 is 29.5 Å². The third-order valence-electron chi connectivity index (χ3n) is 9.90. The summed E-state index contributed by atoms with van der Waals surface area (Å²) in [5, 5.41) is 23.2. The summed E-state index contributed by atoms with van der Waals surface area (Å²) in [4.78, 5) is 30.6. The number of rotatable bonds is 10. The van der Waals surface area contributed by atoms with Crippen molar-refractivity contribution in [1.29, 1.82) is 0 Å². The Morgan fingerprint density at radius 3 is 2.62 bits per heavy atom. The highest BCUT2D eigenvalue weighted by Crippen LogP contribution is 2.42. The molecule has 2 heterocycles. The first-order valence-electron chi connectivity index (χ1n) is 16.0. The number of carbonyl (C=O) groups is 2. The second-order valence-electron chi connectivity index (χ2n) is 12.6. The van der Waals surface area contributed by atoms with Gasteiger partial charge in [-0.2, -0.15) is 0 Å². The van der Waals surface area contributed by atoms with Crippen LogP contribution < -0.4 is 9.64 Å². The van der Waals surface area contributed by atoms with E-state index in [0.717, 1.165) is 55.3 Å². The summed E-state index contributed by atoms with van der Waals surface area (Å²) in [6.07, 6.45) is 8.49. The lowest BCUT2D eigenvalue weighted by Crippen LogP contribution is -2.53. The SMILES string of the molecule is C=CC[C@H]1CCN1C(=O)C[C@](O)(C(=O)OC)c1ccc2c(c1)N(C[C@@H]1CC[C@H]1[C@@H](O)C=C)CCCCc1cc(Cl)ccc1CO2. The van der Waals surface area contributed by atoms with Crippen molar-refractivity contribution in [2.75, 3.05) is 31.6 Å². The summed E-state index contributed by atoms with van der Waals surface area (Å²) in [7, 11) is 1.22. The van der Waals surface area contributed by atoms with Crippen molar-refractivity contribution in [3.05, 3.63) is 83.4 Å². The van der Waals surface area contributed by atoms with Crippen molar-refractivity contribution >= 4 is 29.2 Å². The molecule has 8 nitrogen and oxygen atoms in total. The van der Waals surface area contributed by atoms with Gasteiger partial charge in [-0.15, -0.1) is 13.2 Å². The van der Waals surface area contributed by atoms with Crippen molar-refractivity contribution in [3.63, 3.8) is 0 Å². The van der Waals surface area contributed by atoms with Crippen LogP contribution in [0.5, 0.6) is 5.75 Å². The van der Waals surface area contributed by atoms with Crippen LogP contribution >= 0.6 is 11.6 Å². The van der Waals surface area contributed by atoms with E-state index >= 15 is 0 Å². The maximum absolute atomic E-state index is 13.4. The third kappa shape index (κ3) is 7.08. The number of aliphatic hydroxyl groups is 2. The first kappa shape index (κ1) is 33.0. The van der Waals surface area contributed by atoms with E-state index in [0.29, 0.717) is 43.4 Å². The van der Waals surface area contributed by atoms with E-state index in [-0.39, 0.29) is 29.3 Å². The van der Waals surface area contributed by atoms with Crippen LogP contribution in [0.3, 0.4) is 0 Å². The van der Waals surface area contributed by atoms with Gasteiger partial charge in [0.25, 0.3) is 0 Å². The summed E-state index contributed by atoms with van der Waals surface area (Å²) in [6.45, 7) is 9.85. The first-order valence-corrected chi connectivity index (χ1v) is 16.4. The highest BCUT2D eigenvalue weighted by molar-refractivity contribution is 6.30. The van der Waals surface area contributed by atoms with Crippen LogP contribution in [0.1, 0.15) is 61.6 Å². The number of ether oxygens (including phenoxy) is 2. The Bertz CT molecular complexity index is 1410. The number of aliphatic hydroxyl groups excluding tert-OH is 1. The van der Waals surface area contributed by atoms with Crippen LogP contribution in [0.2, 0.25) is 5.02 Å². The number of carbonyl (C=O) groups excluding carboxylic acids is 2. The minimum atomic E-state index is -2.19. The monoisotopic (exact) mass is 636 g/mol. The molecule has 5 rings (SSSR count). The molecule has 9 heteroatoms. The summed E-state index contributed by atoms with van der Waals surface area (Å²) in [6, 6.07) is 11.1. The Morgan fingerprint density at radius 2 is 1.96 bits per heavy atom. The molecule has 45 heavy (non-hydrogen) atoms. The van der Waals surface area contributed by atoms with E-state index in [1.807, 2.05) is 18.2 Å². The molecule has 3 aliphatic rings. The molecule has 1 saturated carbocycles. The normalized spacial score (nSPS) is 23.3. The number of anilines is 1. The molecule has 0 unspecified atom stereocenters. The first-order chi connectivity index (χ1) is 21.7. The third-order valence-corrected chi connectivity index (χ3v) is 10.1. The zero-order valence-electron chi connectivity index (χ0n) is 26.1. The van der Waals surface area contributed by atoms with Gasteiger partial charge >= 0.3 is 5.97 Å². The largest absolute Gasteiger partial charge is 0.487 e. The predicted octanol–water partition coefficient (Wildman–Crippen LogP) is 5.56. The second-order valence-corrected chi connectivity index (χ2v) is 13.0. The standard InChI is InChI=1S/C36H45ClN2O6/c1-4-8-29-16-18-39(29)34(41)21-36(43,35(42)44-3)27-12-15-33-31(20-27)38(22-25-11-14-30(25)32(40)5-2)17-7-6-9-24-19-28(37)13-10-26(24)23-45-33/h4-5,10,12-13,15,19-20,25,29-30,32,40,43H,1-2,6-9,11,14,16-18,21-23H2,3H3/t25-,29-,30+,32-,36+/m0/s1. The minimum absolute atomic E-state index is 0.0206. The maximum atomic E-state index is 13.4. The molecule has 0 radical (unpaired) electrons. The molecule has 1 amide bonds. The predicted molar refractivity (Wildman–Crippen MR) is 175 cm³/mol. The Morgan fingerprint density at radius 1 is 1.13 bits per heavy atom. The molecule has 0 bridgehead atoms. The quantitative estimate of drug-likeness (QED) is 0.260. The van der Waals surface area contributed by atoms with Crippen LogP contribution in [0, 0.1) is 11.8 Å². The van der Waals surface area contributed by atoms with E-state index < -0.39 is 24.1 Å². The molecule has 0 spiro atoms.